The molecule has 2 aromatic carbocycles. The highest BCUT2D eigenvalue weighted by Crippen LogP contribution is 2.44. The summed E-state index contributed by atoms with van der Waals surface area (Å²) in [5, 5.41) is 0. The summed E-state index contributed by atoms with van der Waals surface area (Å²) in [5.41, 5.74) is 3.73. The van der Waals surface area contributed by atoms with E-state index in [-0.39, 0.29) is 11.3 Å². The molecule has 0 saturated heterocycles. The molecule has 0 N–H and O–H groups in total. The number of unbranched alkanes of at least 4 members (excludes halogenated alkanes) is 5. The number of aldehydes is 1. The Kier molecular flexibility index (Phi) is 11.2. The summed E-state index contributed by atoms with van der Waals surface area (Å²) in [6.07, 6.45) is 13.1. The van der Waals surface area contributed by atoms with Crippen LogP contribution in [-0.2, 0) is 21.6 Å². The second kappa shape index (κ2) is 14.4. The van der Waals surface area contributed by atoms with Gasteiger partial charge < -0.3 is 9.53 Å². The van der Waals surface area contributed by atoms with Crippen LogP contribution in [0.1, 0.15) is 120 Å². The fourth-order valence-electron chi connectivity index (χ4n) is 5.67. The van der Waals surface area contributed by atoms with E-state index >= 15 is 0 Å². The van der Waals surface area contributed by atoms with E-state index in [0.29, 0.717) is 37.6 Å². The molecule has 0 aliphatic heterocycles. The number of benzene rings is 2. The Morgan fingerprint density at radius 1 is 1.00 bits per heavy atom. The SMILES string of the molecule is CCCCCCC(C)(C)c1ccc(C2CC(=O)CCC2CCCCC=O)c(OCc2ccccc2)c1. The lowest BCUT2D eigenvalue weighted by molar-refractivity contribution is -0.121. The minimum absolute atomic E-state index is 0.0771. The quantitative estimate of drug-likeness (QED) is 0.185. The predicted molar refractivity (Wildman–Crippen MR) is 149 cm³/mol. The Hall–Kier alpha value is -2.42. The van der Waals surface area contributed by atoms with Crippen molar-refractivity contribution in [3.63, 3.8) is 0 Å². The number of ether oxygens (including phenoxy) is 1. The average Bonchev–Trinajstić information content (AvgIpc) is 2.89. The lowest BCUT2D eigenvalue weighted by Gasteiger charge is -2.33. The molecule has 1 fully saturated rings. The molecule has 0 heterocycles. The number of ketones is 1. The van der Waals surface area contributed by atoms with Crippen molar-refractivity contribution in [2.24, 2.45) is 5.92 Å². The summed E-state index contributed by atoms with van der Waals surface area (Å²) in [7, 11) is 0. The first-order valence-corrected chi connectivity index (χ1v) is 14.2. The lowest BCUT2D eigenvalue weighted by Crippen LogP contribution is -2.24. The molecule has 36 heavy (non-hydrogen) atoms. The maximum atomic E-state index is 12.6. The van der Waals surface area contributed by atoms with Gasteiger partial charge in [-0.2, -0.15) is 0 Å². The van der Waals surface area contributed by atoms with E-state index in [0.717, 1.165) is 49.7 Å². The third-order valence-corrected chi connectivity index (χ3v) is 8.04. The average molecular weight is 491 g/mol. The Morgan fingerprint density at radius 2 is 1.81 bits per heavy atom. The van der Waals surface area contributed by atoms with Crippen molar-refractivity contribution in [1.29, 1.82) is 0 Å². The van der Waals surface area contributed by atoms with Crippen LogP contribution in [0.2, 0.25) is 0 Å². The third-order valence-electron chi connectivity index (χ3n) is 8.04. The maximum Gasteiger partial charge on any atom is 0.133 e. The van der Waals surface area contributed by atoms with E-state index < -0.39 is 0 Å². The molecule has 0 aromatic heterocycles. The van der Waals surface area contributed by atoms with Crippen LogP contribution in [0.25, 0.3) is 0 Å². The monoisotopic (exact) mass is 490 g/mol. The molecule has 2 unspecified atom stereocenters. The van der Waals surface area contributed by atoms with Crippen molar-refractivity contribution < 1.29 is 14.3 Å². The van der Waals surface area contributed by atoms with E-state index in [2.05, 4.69) is 51.1 Å². The molecule has 0 amide bonds. The Balaban J connectivity index is 1.87. The minimum Gasteiger partial charge on any atom is -0.489 e. The normalized spacial score (nSPS) is 18.2. The maximum absolute atomic E-state index is 12.6. The minimum atomic E-state index is 0.0771. The highest BCUT2D eigenvalue weighted by atomic mass is 16.5. The summed E-state index contributed by atoms with van der Waals surface area (Å²) < 4.78 is 6.52. The molecule has 3 heteroatoms. The van der Waals surface area contributed by atoms with Gasteiger partial charge in [0.25, 0.3) is 0 Å². The summed E-state index contributed by atoms with van der Waals surface area (Å²) in [6.45, 7) is 7.47. The molecule has 0 spiro atoms. The van der Waals surface area contributed by atoms with Gasteiger partial charge in [-0.25, -0.2) is 0 Å². The lowest BCUT2D eigenvalue weighted by atomic mass is 9.71. The molecule has 2 aromatic rings. The van der Waals surface area contributed by atoms with E-state index in [9.17, 15) is 9.59 Å². The topological polar surface area (TPSA) is 43.4 Å². The largest absolute Gasteiger partial charge is 0.489 e. The van der Waals surface area contributed by atoms with E-state index in [4.69, 9.17) is 4.74 Å². The van der Waals surface area contributed by atoms with Crippen LogP contribution in [0.15, 0.2) is 48.5 Å². The molecular weight excluding hydrogens is 444 g/mol. The van der Waals surface area contributed by atoms with Crippen molar-refractivity contribution in [1.82, 2.24) is 0 Å². The molecule has 1 saturated carbocycles. The van der Waals surface area contributed by atoms with Gasteiger partial charge in [0.05, 0.1) is 0 Å². The fraction of sp³-hybridized carbons (Fsp3) is 0.576. The van der Waals surface area contributed by atoms with Gasteiger partial charge in [0.2, 0.25) is 0 Å². The van der Waals surface area contributed by atoms with Crippen LogP contribution in [0.4, 0.5) is 0 Å². The van der Waals surface area contributed by atoms with Crippen molar-refractivity contribution in [2.75, 3.05) is 0 Å². The molecule has 3 nitrogen and oxygen atoms in total. The highest BCUT2D eigenvalue weighted by molar-refractivity contribution is 5.80. The number of Topliss-reactive ketones (excluding diaryl/α,β-unsaturated/α-hetero) is 1. The molecular formula is C33H46O3. The number of carbonyl (C=O) groups excluding carboxylic acids is 2. The van der Waals surface area contributed by atoms with Crippen LogP contribution in [0, 0.1) is 5.92 Å². The number of hydrogen-bond acceptors (Lipinski definition) is 3. The molecule has 1 aliphatic rings. The zero-order valence-corrected chi connectivity index (χ0v) is 22.8. The standard InChI is InChI=1S/C33H46O3/c1-4-5-6-12-21-33(2,3)28-18-20-30(32(23-28)36-25-26-14-9-7-10-15-26)31-24-29(35)19-17-27(31)16-11-8-13-22-34/h7,9-10,14-15,18,20,22-23,27,31H,4-6,8,11-13,16-17,19,21,24-25H2,1-3H3. The summed E-state index contributed by atoms with van der Waals surface area (Å²) in [5.74, 6) is 1.95. The third kappa shape index (κ3) is 8.32. The highest BCUT2D eigenvalue weighted by Gasteiger charge is 2.33. The second-order valence-corrected chi connectivity index (χ2v) is 11.3. The van der Waals surface area contributed by atoms with Gasteiger partial charge in [-0.15, -0.1) is 0 Å². The summed E-state index contributed by atoms with van der Waals surface area (Å²) in [6, 6.07) is 17.1. The van der Waals surface area contributed by atoms with Gasteiger partial charge in [-0.3, -0.25) is 4.79 Å². The Morgan fingerprint density at radius 3 is 2.56 bits per heavy atom. The fourth-order valence-corrected chi connectivity index (χ4v) is 5.67. The van der Waals surface area contributed by atoms with Gasteiger partial charge in [-0.1, -0.05) is 95.3 Å². The first-order chi connectivity index (χ1) is 17.4. The number of carbonyl (C=O) groups is 2. The van der Waals surface area contributed by atoms with Crippen molar-refractivity contribution in [2.45, 2.75) is 116 Å². The van der Waals surface area contributed by atoms with E-state index in [1.807, 2.05) is 18.2 Å². The zero-order chi connectivity index (χ0) is 25.8. The Labute approximate surface area is 219 Å². The molecule has 1 aliphatic carbocycles. The van der Waals surface area contributed by atoms with Crippen molar-refractivity contribution in [3.8, 4) is 5.75 Å². The predicted octanol–water partition coefficient (Wildman–Crippen LogP) is 8.73. The first kappa shape index (κ1) is 28.2. The summed E-state index contributed by atoms with van der Waals surface area (Å²) >= 11 is 0. The molecule has 2 atom stereocenters. The molecule has 3 rings (SSSR count). The van der Waals surface area contributed by atoms with Gasteiger partial charge in [0, 0.05) is 19.3 Å². The Bertz CT molecular complexity index is 947. The second-order valence-electron chi connectivity index (χ2n) is 11.3. The van der Waals surface area contributed by atoms with E-state index in [1.54, 1.807) is 0 Å². The van der Waals surface area contributed by atoms with Crippen molar-refractivity contribution >= 4 is 12.1 Å². The van der Waals surface area contributed by atoms with Crippen LogP contribution in [0.5, 0.6) is 5.75 Å². The summed E-state index contributed by atoms with van der Waals surface area (Å²) in [4.78, 5) is 23.3. The van der Waals surface area contributed by atoms with Gasteiger partial charge in [-0.05, 0) is 65.7 Å². The molecule has 0 radical (unpaired) electrons. The smallest absolute Gasteiger partial charge is 0.133 e. The molecule has 0 bridgehead atoms. The van der Waals surface area contributed by atoms with Crippen LogP contribution in [0.3, 0.4) is 0 Å². The van der Waals surface area contributed by atoms with Crippen molar-refractivity contribution in [3.05, 3.63) is 65.2 Å². The van der Waals surface area contributed by atoms with Crippen LogP contribution in [-0.4, -0.2) is 12.1 Å². The van der Waals surface area contributed by atoms with E-state index in [1.165, 1.54) is 36.8 Å². The first-order valence-electron chi connectivity index (χ1n) is 14.2. The van der Waals surface area contributed by atoms with Gasteiger partial charge in [0.1, 0.15) is 24.4 Å². The van der Waals surface area contributed by atoms with Gasteiger partial charge >= 0.3 is 0 Å². The number of hydrogen-bond donors (Lipinski definition) is 0. The number of rotatable bonds is 15. The zero-order valence-electron chi connectivity index (χ0n) is 22.8. The molecule has 196 valence electrons. The van der Waals surface area contributed by atoms with Crippen LogP contribution >= 0.6 is 0 Å². The van der Waals surface area contributed by atoms with Crippen LogP contribution < -0.4 is 4.74 Å². The van der Waals surface area contributed by atoms with Gasteiger partial charge in [0.15, 0.2) is 0 Å².